The molecule has 0 saturated carbocycles. The normalized spacial score (nSPS) is 14.8. The standard InChI is InChI=1S/C22H26N4O2S/c1-27-20-7-3-18(4-8-20)24-13-11-23(12-14-24)17-25-15-16-26(22(25)29)19-5-9-21(28-2)10-6-19/h3-10,15-16H,11-14,17H2,1-2H3/p+1. The van der Waals surface area contributed by atoms with E-state index in [1.807, 2.05) is 47.2 Å². The van der Waals surface area contributed by atoms with Gasteiger partial charge in [0.25, 0.3) is 0 Å². The molecule has 29 heavy (non-hydrogen) atoms. The van der Waals surface area contributed by atoms with Crippen LogP contribution in [0.3, 0.4) is 0 Å². The molecular formula is C22H27N4O2S+. The van der Waals surface area contributed by atoms with Crippen LogP contribution in [0.4, 0.5) is 5.69 Å². The fourth-order valence-corrected chi connectivity index (χ4v) is 4.04. The molecule has 1 aromatic heterocycles. The second kappa shape index (κ2) is 8.71. The van der Waals surface area contributed by atoms with E-state index in [1.165, 1.54) is 5.69 Å². The summed E-state index contributed by atoms with van der Waals surface area (Å²) in [7, 11) is 3.37. The van der Waals surface area contributed by atoms with Gasteiger partial charge in [0, 0.05) is 23.8 Å². The van der Waals surface area contributed by atoms with Crippen molar-refractivity contribution in [3.8, 4) is 17.2 Å². The quantitative estimate of drug-likeness (QED) is 0.632. The van der Waals surface area contributed by atoms with Crippen molar-refractivity contribution >= 4 is 17.9 Å². The average molecular weight is 412 g/mol. The number of methoxy groups -OCH3 is 2. The van der Waals surface area contributed by atoms with Gasteiger partial charge in [-0.3, -0.25) is 9.13 Å². The van der Waals surface area contributed by atoms with Gasteiger partial charge in [0.05, 0.1) is 40.4 Å². The number of piperazine rings is 1. The van der Waals surface area contributed by atoms with Crippen LogP contribution in [0.25, 0.3) is 5.69 Å². The largest absolute Gasteiger partial charge is 0.497 e. The van der Waals surface area contributed by atoms with E-state index in [-0.39, 0.29) is 0 Å². The number of aromatic nitrogens is 2. The summed E-state index contributed by atoms with van der Waals surface area (Å²) in [6, 6.07) is 16.3. The lowest BCUT2D eigenvalue weighted by Crippen LogP contribution is -3.14. The Morgan fingerprint density at radius 1 is 0.828 bits per heavy atom. The maximum absolute atomic E-state index is 5.72. The van der Waals surface area contributed by atoms with E-state index >= 15 is 0 Å². The number of rotatable bonds is 6. The summed E-state index contributed by atoms with van der Waals surface area (Å²) in [6.45, 7) is 5.13. The zero-order valence-electron chi connectivity index (χ0n) is 16.9. The molecule has 1 N–H and O–H groups in total. The fourth-order valence-electron chi connectivity index (χ4n) is 3.75. The molecule has 152 valence electrons. The zero-order valence-corrected chi connectivity index (χ0v) is 17.7. The van der Waals surface area contributed by atoms with E-state index in [0.29, 0.717) is 0 Å². The predicted octanol–water partition coefficient (Wildman–Crippen LogP) is 2.39. The summed E-state index contributed by atoms with van der Waals surface area (Å²) in [5, 5.41) is 0. The molecule has 0 radical (unpaired) electrons. The Hall–Kier alpha value is -2.77. The Morgan fingerprint density at radius 2 is 1.38 bits per heavy atom. The average Bonchev–Trinajstić information content (AvgIpc) is 3.14. The first kappa shape index (κ1) is 19.5. The van der Waals surface area contributed by atoms with Crippen molar-refractivity contribution in [2.45, 2.75) is 6.67 Å². The van der Waals surface area contributed by atoms with Gasteiger partial charge in [-0.2, -0.15) is 0 Å². The van der Waals surface area contributed by atoms with Gasteiger partial charge in [0.15, 0.2) is 11.4 Å². The molecule has 1 fully saturated rings. The van der Waals surface area contributed by atoms with Crippen molar-refractivity contribution in [1.82, 2.24) is 9.13 Å². The van der Waals surface area contributed by atoms with Gasteiger partial charge in [0.2, 0.25) is 0 Å². The third-order valence-corrected chi connectivity index (χ3v) is 5.93. The van der Waals surface area contributed by atoms with E-state index in [1.54, 1.807) is 19.1 Å². The van der Waals surface area contributed by atoms with Gasteiger partial charge in [-0.1, -0.05) is 0 Å². The molecule has 7 heteroatoms. The third kappa shape index (κ3) is 4.31. The Kier molecular flexibility index (Phi) is 5.87. The highest BCUT2D eigenvalue weighted by molar-refractivity contribution is 7.71. The number of imidazole rings is 1. The summed E-state index contributed by atoms with van der Waals surface area (Å²) in [5.74, 6) is 1.74. The maximum Gasteiger partial charge on any atom is 0.188 e. The molecule has 0 atom stereocenters. The number of benzene rings is 2. The second-order valence-corrected chi connectivity index (χ2v) is 7.58. The molecule has 0 bridgehead atoms. The molecule has 1 aliphatic heterocycles. The van der Waals surface area contributed by atoms with Crippen LogP contribution in [-0.4, -0.2) is 49.5 Å². The number of nitrogens with one attached hydrogen (secondary N) is 1. The highest BCUT2D eigenvalue weighted by atomic mass is 32.1. The van der Waals surface area contributed by atoms with Crippen molar-refractivity contribution in [1.29, 1.82) is 0 Å². The molecule has 1 saturated heterocycles. The number of hydrogen-bond donors (Lipinski definition) is 1. The number of nitrogens with zero attached hydrogens (tertiary/aromatic N) is 3. The molecule has 0 amide bonds. The minimum absolute atomic E-state index is 0.820. The topological polar surface area (TPSA) is 36.0 Å². The lowest BCUT2D eigenvalue weighted by atomic mass is 10.2. The molecule has 6 nitrogen and oxygen atoms in total. The smallest absolute Gasteiger partial charge is 0.188 e. The maximum atomic E-state index is 5.72. The minimum atomic E-state index is 0.820. The molecular weight excluding hydrogens is 384 g/mol. The second-order valence-electron chi connectivity index (χ2n) is 7.21. The first-order valence-electron chi connectivity index (χ1n) is 9.83. The highest BCUT2D eigenvalue weighted by Crippen LogP contribution is 2.19. The predicted molar refractivity (Wildman–Crippen MR) is 117 cm³/mol. The van der Waals surface area contributed by atoms with Crippen molar-refractivity contribution < 1.29 is 14.4 Å². The Morgan fingerprint density at radius 3 is 1.93 bits per heavy atom. The van der Waals surface area contributed by atoms with Gasteiger partial charge in [-0.25, -0.2) is 0 Å². The highest BCUT2D eigenvalue weighted by Gasteiger charge is 2.21. The van der Waals surface area contributed by atoms with Crippen molar-refractivity contribution in [2.24, 2.45) is 0 Å². The fraction of sp³-hybridized carbons (Fsp3) is 0.318. The summed E-state index contributed by atoms with van der Waals surface area (Å²) in [5.41, 5.74) is 2.31. The monoisotopic (exact) mass is 411 g/mol. The molecule has 1 aliphatic rings. The van der Waals surface area contributed by atoms with Crippen molar-refractivity contribution in [2.75, 3.05) is 45.3 Å². The van der Waals surface area contributed by atoms with Crippen LogP contribution in [0.2, 0.25) is 0 Å². The molecule has 0 spiro atoms. The van der Waals surface area contributed by atoms with E-state index in [2.05, 4.69) is 27.8 Å². The van der Waals surface area contributed by atoms with Gasteiger partial charge in [0.1, 0.15) is 11.5 Å². The van der Waals surface area contributed by atoms with E-state index < -0.39 is 0 Å². The van der Waals surface area contributed by atoms with Gasteiger partial charge in [-0.15, -0.1) is 0 Å². The van der Waals surface area contributed by atoms with Crippen LogP contribution in [0.1, 0.15) is 0 Å². The molecule has 2 heterocycles. The number of hydrogen-bond acceptors (Lipinski definition) is 4. The van der Waals surface area contributed by atoms with Crippen LogP contribution in [0.5, 0.6) is 11.5 Å². The molecule has 4 rings (SSSR count). The summed E-state index contributed by atoms with van der Waals surface area (Å²) >= 11 is 5.72. The summed E-state index contributed by atoms with van der Waals surface area (Å²) in [4.78, 5) is 3.98. The molecule has 0 unspecified atom stereocenters. The number of ether oxygens (including phenoxy) is 2. The van der Waals surface area contributed by atoms with E-state index in [4.69, 9.17) is 21.7 Å². The van der Waals surface area contributed by atoms with Crippen LogP contribution in [0.15, 0.2) is 60.9 Å². The lowest BCUT2D eigenvalue weighted by Gasteiger charge is -2.33. The lowest BCUT2D eigenvalue weighted by molar-refractivity contribution is -0.923. The molecule has 2 aromatic carbocycles. The number of anilines is 1. The first-order valence-corrected chi connectivity index (χ1v) is 10.2. The zero-order chi connectivity index (χ0) is 20.2. The Balaban J connectivity index is 1.38. The first-order chi connectivity index (χ1) is 14.2. The van der Waals surface area contributed by atoms with E-state index in [0.717, 1.165) is 54.8 Å². The van der Waals surface area contributed by atoms with E-state index in [9.17, 15) is 0 Å². The van der Waals surface area contributed by atoms with Crippen LogP contribution in [0, 0.1) is 4.77 Å². The van der Waals surface area contributed by atoms with Crippen LogP contribution >= 0.6 is 12.2 Å². The number of quaternary nitrogens is 1. The molecule has 3 aromatic rings. The van der Waals surface area contributed by atoms with Gasteiger partial charge >= 0.3 is 0 Å². The van der Waals surface area contributed by atoms with Crippen molar-refractivity contribution in [3.05, 3.63) is 65.7 Å². The van der Waals surface area contributed by atoms with Crippen LogP contribution in [-0.2, 0) is 6.67 Å². The van der Waals surface area contributed by atoms with Gasteiger partial charge < -0.3 is 19.3 Å². The summed E-state index contributed by atoms with van der Waals surface area (Å²) in [6.07, 6.45) is 4.12. The SMILES string of the molecule is COc1ccc(N2CC[NH+](Cn3ccn(-c4ccc(OC)cc4)c3=S)CC2)cc1. The minimum Gasteiger partial charge on any atom is -0.497 e. The summed E-state index contributed by atoms with van der Waals surface area (Å²) < 4.78 is 15.5. The Bertz CT molecular complexity index is 987. The third-order valence-electron chi connectivity index (χ3n) is 5.50. The van der Waals surface area contributed by atoms with Gasteiger partial charge in [-0.05, 0) is 60.7 Å². The van der Waals surface area contributed by atoms with Crippen LogP contribution < -0.4 is 19.3 Å². The molecule has 0 aliphatic carbocycles. The Labute approximate surface area is 176 Å². The van der Waals surface area contributed by atoms with Crippen molar-refractivity contribution in [3.63, 3.8) is 0 Å².